The number of rotatable bonds is 3. The monoisotopic (exact) mass is 363 g/mol. The van der Waals surface area contributed by atoms with Gasteiger partial charge >= 0.3 is 0 Å². The van der Waals surface area contributed by atoms with E-state index in [0.717, 1.165) is 6.07 Å². The average molecular weight is 365 g/mol. The summed E-state index contributed by atoms with van der Waals surface area (Å²) in [6.45, 7) is 0. The van der Waals surface area contributed by atoms with E-state index in [0.29, 0.717) is 21.1 Å². The molecule has 1 nitrogen and oxygen atoms in total. The first-order valence-electron chi connectivity index (χ1n) is 5.70. The maximum absolute atomic E-state index is 13.8. The van der Waals surface area contributed by atoms with Gasteiger partial charge in [0.2, 0.25) is 0 Å². The molecule has 0 bridgehead atoms. The summed E-state index contributed by atoms with van der Waals surface area (Å²) in [5, 5.41) is 3.32. The summed E-state index contributed by atoms with van der Waals surface area (Å²) < 4.78 is 40.8. The summed E-state index contributed by atoms with van der Waals surface area (Å²) in [5.74, 6) is -3.12. The van der Waals surface area contributed by atoms with Gasteiger partial charge in [0.15, 0.2) is 11.6 Å². The Morgan fingerprint density at radius 1 is 1.05 bits per heavy atom. The normalized spacial score (nSPS) is 12.5. The van der Waals surface area contributed by atoms with Crippen LogP contribution >= 0.6 is 27.5 Å². The molecule has 1 unspecified atom stereocenters. The molecule has 0 fully saturated rings. The molecule has 0 saturated heterocycles. The fourth-order valence-electron chi connectivity index (χ4n) is 1.95. The molecular formula is C14H10BrClF3N. The molecule has 106 valence electrons. The Kier molecular flexibility index (Phi) is 4.73. The minimum atomic E-state index is -1.21. The van der Waals surface area contributed by atoms with Crippen molar-refractivity contribution < 1.29 is 13.2 Å². The van der Waals surface area contributed by atoms with Crippen molar-refractivity contribution in [1.29, 1.82) is 0 Å². The number of benzene rings is 2. The van der Waals surface area contributed by atoms with Crippen molar-refractivity contribution in [1.82, 2.24) is 5.32 Å². The van der Waals surface area contributed by atoms with Crippen molar-refractivity contribution >= 4 is 27.5 Å². The van der Waals surface area contributed by atoms with E-state index in [1.807, 2.05) is 0 Å². The topological polar surface area (TPSA) is 12.0 Å². The molecule has 0 aromatic heterocycles. The van der Waals surface area contributed by atoms with Gasteiger partial charge in [-0.15, -0.1) is 0 Å². The summed E-state index contributed by atoms with van der Waals surface area (Å²) in [6.07, 6.45) is 0. The van der Waals surface area contributed by atoms with Gasteiger partial charge in [0.1, 0.15) is 5.82 Å². The molecule has 2 rings (SSSR count). The number of hydrogen-bond acceptors (Lipinski definition) is 1. The zero-order valence-electron chi connectivity index (χ0n) is 10.4. The lowest BCUT2D eigenvalue weighted by molar-refractivity contribution is 0.483. The van der Waals surface area contributed by atoms with Crippen LogP contribution in [0.25, 0.3) is 0 Å². The highest BCUT2D eigenvalue weighted by atomic mass is 79.9. The fraction of sp³-hybridized carbons (Fsp3) is 0.143. The highest BCUT2D eigenvalue weighted by Gasteiger charge is 2.19. The Balaban J connectivity index is 2.52. The van der Waals surface area contributed by atoms with Crippen molar-refractivity contribution in [2.75, 3.05) is 7.05 Å². The van der Waals surface area contributed by atoms with Crippen LogP contribution < -0.4 is 5.32 Å². The van der Waals surface area contributed by atoms with Crippen LogP contribution in [0.4, 0.5) is 13.2 Å². The van der Waals surface area contributed by atoms with Crippen LogP contribution in [0.2, 0.25) is 5.02 Å². The first-order chi connectivity index (χ1) is 9.43. The Hall–Kier alpha value is -1.04. The second-order valence-corrected chi connectivity index (χ2v) is 5.44. The molecule has 0 spiro atoms. The van der Waals surface area contributed by atoms with E-state index in [1.165, 1.54) is 0 Å². The molecule has 2 aromatic rings. The molecule has 2 aromatic carbocycles. The van der Waals surface area contributed by atoms with Crippen LogP contribution in [0.15, 0.2) is 34.8 Å². The third-order valence-electron chi connectivity index (χ3n) is 2.92. The highest BCUT2D eigenvalue weighted by molar-refractivity contribution is 9.10. The van der Waals surface area contributed by atoms with Gasteiger partial charge in [0.05, 0.1) is 11.1 Å². The predicted molar refractivity (Wildman–Crippen MR) is 76.4 cm³/mol. The highest BCUT2D eigenvalue weighted by Crippen LogP contribution is 2.30. The first-order valence-corrected chi connectivity index (χ1v) is 6.87. The number of halogens is 5. The average Bonchev–Trinajstić information content (AvgIpc) is 2.40. The lowest BCUT2D eigenvalue weighted by atomic mass is 9.98. The van der Waals surface area contributed by atoms with Crippen LogP contribution in [0.5, 0.6) is 0 Å². The van der Waals surface area contributed by atoms with Gasteiger partial charge in [-0.25, -0.2) is 13.2 Å². The van der Waals surface area contributed by atoms with Crippen molar-refractivity contribution in [2.45, 2.75) is 6.04 Å². The number of hydrogen-bond donors (Lipinski definition) is 1. The molecule has 0 saturated carbocycles. The molecule has 6 heteroatoms. The van der Waals surface area contributed by atoms with Crippen molar-refractivity contribution in [3.8, 4) is 0 Å². The Bertz CT molecular complexity index is 649. The van der Waals surface area contributed by atoms with E-state index in [2.05, 4.69) is 21.2 Å². The van der Waals surface area contributed by atoms with Gasteiger partial charge in [0.25, 0.3) is 0 Å². The molecular weight excluding hydrogens is 355 g/mol. The molecule has 0 heterocycles. The molecule has 0 amide bonds. The van der Waals surface area contributed by atoms with E-state index < -0.39 is 23.5 Å². The smallest absolute Gasteiger partial charge is 0.161 e. The molecule has 0 aliphatic carbocycles. The number of nitrogens with one attached hydrogen (secondary N) is 1. The van der Waals surface area contributed by atoms with Gasteiger partial charge in [-0.05, 0) is 46.7 Å². The Morgan fingerprint density at radius 3 is 2.30 bits per heavy atom. The van der Waals surface area contributed by atoms with Gasteiger partial charge < -0.3 is 5.32 Å². The first kappa shape index (κ1) is 15.4. The van der Waals surface area contributed by atoms with E-state index in [9.17, 15) is 13.2 Å². The van der Waals surface area contributed by atoms with E-state index in [4.69, 9.17) is 11.6 Å². The standard InChI is InChI=1S/C14H10BrClF3N/c1-20-14(7-2-3-9(15)10(16)4-7)8-5-12(18)13(19)6-11(8)17/h2-6,14,20H,1H3. The van der Waals surface area contributed by atoms with E-state index in [1.54, 1.807) is 25.2 Å². The lowest BCUT2D eigenvalue weighted by Gasteiger charge is -2.18. The van der Waals surface area contributed by atoms with Crippen LogP contribution in [0.3, 0.4) is 0 Å². The van der Waals surface area contributed by atoms with E-state index in [-0.39, 0.29) is 5.56 Å². The quantitative estimate of drug-likeness (QED) is 0.769. The maximum Gasteiger partial charge on any atom is 0.161 e. The molecule has 1 N–H and O–H groups in total. The summed E-state index contributed by atoms with van der Waals surface area (Å²) in [4.78, 5) is 0. The van der Waals surface area contributed by atoms with Crippen molar-refractivity contribution in [3.63, 3.8) is 0 Å². The summed E-state index contributed by atoms with van der Waals surface area (Å²) in [5.41, 5.74) is 0.662. The third kappa shape index (κ3) is 3.00. The fourth-order valence-corrected chi connectivity index (χ4v) is 2.39. The lowest BCUT2D eigenvalue weighted by Crippen LogP contribution is -2.19. The Morgan fingerprint density at radius 2 is 1.70 bits per heavy atom. The van der Waals surface area contributed by atoms with Crippen LogP contribution in [-0.4, -0.2) is 7.05 Å². The van der Waals surface area contributed by atoms with Crippen LogP contribution in [-0.2, 0) is 0 Å². The minimum Gasteiger partial charge on any atom is -0.309 e. The maximum atomic E-state index is 13.8. The van der Waals surface area contributed by atoms with Gasteiger partial charge in [-0.1, -0.05) is 17.7 Å². The second-order valence-electron chi connectivity index (χ2n) is 4.18. The summed E-state index contributed by atoms with van der Waals surface area (Å²) >= 11 is 9.25. The molecule has 0 aliphatic heterocycles. The molecule has 0 aliphatic rings. The largest absolute Gasteiger partial charge is 0.309 e. The zero-order valence-corrected chi connectivity index (χ0v) is 12.7. The molecule has 0 radical (unpaired) electrons. The van der Waals surface area contributed by atoms with Crippen molar-refractivity contribution in [3.05, 3.63) is 68.4 Å². The SMILES string of the molecule is CNC(c1ccc(Br)c(Cl)c1)c1cc(F)c(F)cc1F. The zero-order chi connectivity index (χ0) is 14.9. The Labute approximate surface area is 127 Å². The predicted octanol–water partition coefficient (Wildman–Crippen LogP) is 4.83. The second kappa shape index (κ2) is 6.16. The van der Waals surface area contributed by atoms with Crippen molar-refractivity contribution in [2.24, 2.45) is 0 Å². The minimum absolute atomic E-state index is 0.0183. The third-order valence-corrected chi connectivity index (χ3v) is 4.15. The molecule has 20 heavy (non-hydrogen) atoms. The van der Waals surface area contributed by atoms with Gasteiger partial charge in [-0.2, -0.15) is 0 Å². The summed E-state index contributed by atoms with van der Waals surface area (Å²) in [6, 6.07) is 5.82. The van der Waals surface area contributed by atoms with E-state index >= 15 is 0 Å². The van der Waals surface area contributed by atoms with Crippen LogP contribution in [0.1, 0.15) is 17.2 Å². The summed E-state index contributed by atoms with van der Waals surface area (Å²) in [7, 11) is 1.60. The van der Waals surface area contributed by atoms with Crippen LogP contribution in [0, 0.1) is 17.5 Å². The molecule has 1 atom stereocenters. The van der Waals surface area contributed by atoms with Gasteiger partial charge in [-0.3, -0.25) is 0 Å². The van der Waals surface area contributed by atoms with Gasteiger partial charge in [0, 0.05) is 16.1 Å².